The molecule has 2 aromatic carbocycles. The van der Waals surface area contributed by atoms with Gasteiger partial charge in [0.1, 0.15) is 5.75 Å². The number of nitro benzene ring substituents is 1. The van der Waals surface area contributed by atoms with Crippen LogP contribution in [-0.4, -0.2) is 35.5 Å². The highest BCUT2D eigenvalue weighted by Gasteiger charge is 2.34. The van der Waals surface area contributed by atoms with Gasteiger partial charge in [-0.3, -0.25) is 19.9 Å². The minimum absolute atomic E-state index is 0.119. The number of para-hydroxylation sites is 1. The molecule has 9 nitrogen and oxygen atoms in total. The van der Waals surface area contributed by atoms with Crippen molar-refractivity contribution >= 4 is 34.2 Å². The van der Waals surface area contributed by atoms with Crippen LogP contribution in [0, 0.1) is 21.4 Å². The molecule has 0 radical (unpaired) electrons. The van der Waals surface area contributed by atoms with Crippen LogP contribution in [0.5, 0.6) is 5.75 Å². The van der Waals surface area contributed by atoms with Gasteiger partial charge in [0.15, 0.2) is 6.61 Å². The number of nitrogens with one attached hydrogen (secondary N) is 1. The number of esters is 1. The molecule has 1 heterocycles. The molecule has 9 heteroatoms. The first-order valence-electron chi connectivity index (χ1n) is 12.3. The molecular weight excluding hydrogens is 474 g/mol. The summed E-state index contributed by atoms with van der Waals surface area (Å²) in [7, 11) is 1.35. The number of fused-ring (bicyclic) bond motifs is 2. The predicted molar refractivity (Wildman–Crippen MR) is 140 cm³/mol. The first-order chi connectivity index (χ1) is 17.6. The van der Waals surface area contributed by atoms with Crippen LogP contribution in [0.3, 0.4) is 0 Å². The van der Waals surface area contributed by atoms with Crippen molar-refractivity contribution in [2.45, 2.75) is 46.5 Å². The molecule has 4 rings (SSSR count). The number of benzene rings is 2. The SMILES string of the molecule is CCC(C)(C)C1CCc2nc3ccccc3c(C(=O)OCC(=O)Nc3ccc([N+](=O)[O-])cc3OC)c2C1. The van der Waals surface area contributed by atoms with Gasteiger partial charge in [0.05, 0.1) is 34.9 Å². The molecule has 37 heavy (non-hydrogen) atoms. The van der Waals surface area contributed by atoms with Crippen LogP contribution in [0.1, 0.15) is 55.2 Å². The Balaban J connectivity index is 1.57. The highest BCUT2D eigenvalue weighted by atomic mass is 16.6. The molecule has 1 unspecified atom stereocenters. The number of carbonyl (C=O) groups is 2. The van der Waals surface area contributed by atoms with Crippen molar-refractivity contribution < 1.29 is 24.0 Å². The smallest absolute Gasteiger partial charge is 0.339 e. The Labute approximate surface area is 215 Å². The monoisotopic (exact) mass is 505 g/mol. The summed E-state index contributed by atoms with van der Waals surface area (Å²) in [5, 5.41) is 14.3. The summed E-state index contributed by atoms with van der Waals surface area (Å²) in [4.78, 5) is 41.3. The van der Waals surface area contributed by atoms with Crippen LogP contribution in [0.15, 0.2) is 42.5 Å². The third-order valence-electron chi connectivity index (χ3n) is 7.48. The molecule has 1 atom stereocenters. The van der Waals surface area contributed by atoms with E-state index < -0.39 is 23.4 Å². The molecule has 0 aliphatic heterocycles. The maximum atomic E-state index is 13.4. The lowest BCUT2D eigenvalue weighted by molar-refractivity contribution is -0.384. The fourth-order valence-electron chi connectivity index (χ4n) is 4.86. The number of nitro groups is 1. The van der Waals surface area contributed by atoms with Crippen LogP contribution >= 0.6 is 0 Å². The second-order valence-electron chi connectivity index (χ2n) is 9.98. The molecular formula is C28H31N3O6. The van der Waals surface area contributed by atoms with E-state index in [4.69, 9.17) is 14.5 Å². The van der Waals surface area contributed by atoms with E-state index in [1.165, 1.54) is 25.3 Å². The largest absolute Gasteiger partial charge is 0.494 e. The zero-order valence-electron chi connectivity index (χ0n) is 21.5. The lowest BCUT2D eigenvalue weighted by atomic mass is 9.68. The first-order valence-corrected chi connectivity index (χ1v) is 12.3. The van der Waals surface area contributed by atoms with E-state index in [1.807, 2.05) is 24.3 Å². The van der Waals surface area contributed by atoms with Gasteiger partial charge in [-0.25, -0.2) is 4.79 Å². The van der Waals surface area contributed by atoms with Gasteiger partial charge in [-0.15, -0.1) is 0 Å². The van der Waals surface area contributed by atoms with E-state index >= 15 is 0 Å². The Morgan fingerprint density at radius 2 is 1.97 bits per heavy atom. The van der Waals surface area contributed by atoms with Crippen molar-refractivity contribution in [3.63, 3.8) is 0 Å². The van der Waals surface area contributed by atoms with Gasteiger partial charge in [0.25, 0.3) is 11.6 Å². The van der Waals surface area contributed by atoms with Crippen molar-refractivity contribution in [1.29, 1.82) is 0 Å². The van der Waals surface area contributed by atoms with E-state index in [9.17, 15) is 19.7 Å². The second-order valence-corrected chi connectivity index (χ2v) is 9.98. The molecule has 0 spiro atoms. The first kappa shape index (κ1) is 26.1. The number of pyridine rings is 1. The Bertz CT molecular complexity index is 1370. The van der Waals surface area contributed by atoms with Gasteiger partial charge >= 0.3 is 5.97 Å². The average Bonchev–Trinajstić information content (AvgIpc) is 2.90. The van der Waals surface area contributed by atoms with Gasteiger partial charge < -0.3 is 14.8 Å². The lowest BCUT2D eigenvalue weighted by Crippen LogP contribution is -2.31. The number of hydrogen-bond acceptors (Lipinski definition) is 7. The van der Waals surface area contributed by atoms with Crippen LogP contribution in [0.2, 0.25) is 0 Å². The number of hydrogen-bond donors (Lipinski definition) is 1. The number of methoxy groups -OCH3 is 1. The molecule has 3 aromatic rings. The number of nitrogens with zero attached hydrogens (tertiary/aromatic N) is 2. The molecule has 0 saturated heterocycles. The molecule has 1 amide bonds. The van der Waals surface area contributed by atoms with Gasteiger partial charge in [0.2, 0.25) is 0 Å². The standard InChI is InChI=1S/C28H31N3O6/c1-5-28(2,3)17-10-12-22-20(14-17)26(19-8-6-7-9-21(19)29-22)27(33)37-16-25(32)30-23-13-11-18(31(34)35)15-24(23)36-4/h6-9,11,13,15,17H,5,10,12,14,16H2,1-4H3,(H,30,32). The molecule has 0 bridgehead atoms. The van der Waals surface area contributed by atoms with Crippen LogP contribution < -0.4 is 10.1 Å². The fourth-order valence-corrected chi connectivity index (χ4v) is 4.86. The van der Waals surface area contributed by atoms with Crippen molar-refractivity contribution in [1.82, 2.24) is 4.98 Å². The summed E-state index contributed by atoms with van der Waals surface area (Å²) in [6.45, 7) is 6.17. The van der Waals surface area contributed by atoms with E-state index in [0.717, 1.165) is 42.5 Å². The number of aryl methyl sites for hydroxylation is 1. The van der Waals surface area contributed by atoms with Gasteiger partial charge in [-0.2, -0.15) is 0 Å². The summed E-state index contributed by atoms with van der Waals surface area (Å²) in [6.07, 6.45) is 3.55. The predicted octanol–water partition coefficient (Wildman–Crippen LogP) is 5.49. The van der Waals surface area contributed by atoms with E-state index in [1.54, 1.807) is 0 Å². The van der Waals surface area contributed by atoms with Gasteiger partial charge in [-0.05, 0) is 48.3 Å². The molecule has 0 saturated carbocycles. The number of non-ortho nitro benzene ring substituents is 1. The highest BCUT2D eigenvalue weighted by Crippen LogP contribution is 2.41. The van der Waals surface area contributed by atoms with Crippen molar-refractivity contribution in [2.75, 3.05) is 19.0 Å². The molecule has 1 N–H and O–H groups in total. The number of aromatic nitrogens is 1. The number of amides is 1. The zero-order chi connectivity index (χ0) is 26.7. The summed E-state index contributed by atoms with van der Waals surface area (Å²) >= 11 is 0. The molecule has 1 aliphatic rings. The Hall–Kier alpha value is -4.01. The quantitative estimate of drug-likeness (QED) is 0.244. The number of carbonyl (C=O) groups excluding carboxylic acids is 2. The Kier molecular flexibility index (Phi) is 7.42. The highest BCUT2D eigenvalue weighted by molar-refractivity contribution is 6.06. The third-order valence-corrected chi connectivity index (χ3v) is 7.48. The average molecular weight is 506 g/mol. The van der Waals surface area contributed by atoms with E-state index in [2.05, 4.69) is 26.1 Å². The van der Waals surface area contributed by atoms with Crippen LogP contribution in [0.4, 0.5) is 11.4 Å². The molecule has 194 valence electrons. The van der Waals surface area contributed by atoms with E-state index in [-0.39, 0.29) is 22.5 Å². The number of rotatable bonds is 8. The normalized spacial score (nSPS) is 15.1. The molecule has 1 aliphatic carbocycles. The van der Waals surface area contributed by atoms with Gasteiger partial charge in [0, 0.05) is 17.1 Å². The maximum Gasteiger partial charge on any atom is 0.339 e. The van der Waals surface area contributed by atoms with Crippen LogP contribution in [-0.2, 0) is 22.4 Å². The molecule has 0 fully saturated rings. The van der Waals surface area contributed by atoms with Crippen molar-refractivity contribution in [2.24, 2.45) is 11.3 Å². The summed E-state index contributed by atoms with van der Waals surface area (Å²) in [6, 6.07) is 11.3. The van der Waals surface area contributed by atoms with E-state index in [0.29, 0.717) is 16.9 Å². The Morgan fingerprint density at radius 3 is 2.68 bits per heavy atom. The minimum atomic E-state index is -0.585. The Morgan fingerprint density at radius 1 is 1.22 bits per heavy atom. The lowest BCUT2D eigenvalue weighted by Gasteiger charge is -2.37. The van der Waals surface area contributed by atoms with Crippen molar-refractivity contribution in [3.05, 3.63) is 69.4 Å². The van der Waals surface area contributed by atoms with Crippen molar-refractivity contribution in [3.8, 4) is 5.75 Å². The van der Waals surface area contributed by atoms with Crippen LogP contribution in [0.25, 0.3) is 10.9 Å². The topological polar surface area (TPSA) is 121 Å². The summed E-state index contributed by atoms with van der Waals surface area (Å²) in [5.74, 6) is -0.626. The van der Waals surface area contributed by atoms with Gasteiger partial charge in [-0.1, -0.05) is 45.4 Å². The third kappa shape index (κ3) is 5.40. The minimum Gasteiger partial charge on any atom is -0.494 e. The fraction of sp³-hybridized carbons (Fsp3) is 0.393. The summed E-state index contributed by atoms with van der Waals surface area (Å²) < 4.78 is 10.6. The summed E-state index contributed by atoms with van der Waals surface area (Å²) in [5.41, 5.74) is 3.20. The maximum absolute atomic E-state index is 13.4. The molecule has 1 aromatic heterocycles. The number of ether oxygens (including phenoxy) is 2. The zero-order valence-corrected chi connectivity index (χ0v) is 21.5. The number of anilines is 1. The second kappa shape index (κ2) is 10.5.